The molecular weight excluding hydrogens is 72.1 g/mol. The van der Waals surface area contributed by atoms with E-state index in [1.165, 1.54) is 6.29 Å². The Kier molecular flexibility index (Phi) is 3.04. The fourth-order valence-electron chi connectivity index (χ4n) is 0. The molecule has 2 radical (unpaired) electrons. The molecule has 1 nitrogen and oxygen atoms in total. The van der Waals surface area contributed by atoms with Crippen molar-refractivity contribution in [3.63, 3.8) is 0 Å². The molecule has 22 valence electrons. The van der Waals surface area contributed by atoms with Crippen molar-refractivity contribution in [1.29, 1.82) is 0 Å². The van der Waals surface area contributed by atoms with Gasteiger partial charge in [0.1, 0.15) is 0 Å². The van der Waals surface area contributed by atoms with Gasteiger partial charge in [-0.05, 0) is 0 Å². The van der Waals surface area contributed by atoms with E-state index in [1.807, 2.05) is 0 Å². The molecule has 0 aliphatic carbocycles. The number of hydrogen-bond acceptors (Lipinski definition) is 1. The van der Waals surface area contributed by atoms with Crippen molar-refractivity contribution in [2.24, 2.45) is 0 Å². The van der Waals surface area contributed by atoms with E-state index >= 15 is 0 Å². The van der Waals surface area contributed by atoms with Crippen molar-refractivity contribution < 1.29 is 4.79 Å². The van der Waals surface area contributed by atoms with Crippen LogP contribution in [-0.4, -0.2) is 12.0 Å². The monoisotopic (exact) mass is 74.0 g/mol. The van der Waals surface area contributed by atoms with Gasteiger partial charge in [-0.1, -0.05) is 12.6 Å². The molecule has 0 unspecified atom stereocenters. The molecule has 0 aliphatic heterocycles. The van der Waals surface area contributed by atoms with Crippen LogP contribution in [0.25, 0.3) is 0 Å². The van der Waals surface area contributed by atoms with Gasteiger partial charge < -0.3 is 0 Å². The standard InChI is InChI=1S/C2H2OS/c3-1-2-4/h2H2. The van der Waals surface area contributed by atoms with Gasteiger partial charge in [0.25, 0.3) is 0 Å². The molecule has 0 spiro atoms. The van der Waals surface area contributed by atoms with E-state index < -0.39 is 0 Å². The van der Waals surface area contributed by atoms with Gasteiger partial charge in [0.15, 0.2) is 0 Å². The largest absolute Gasteiger partial charge is 0.290 e. The van der Waals surface area contributed by atoms with Crippen molar-refractivity contribution in [2.45, 2.75) is 0 Å². The van der Waals surface area contributed by atoms with Crippen LogP contribution in [0.1, 0.15) is 0 Å². The average Bonchev–Trinajstić information content (AvgIpc) is 1.37. The molecule has 0 aromatic rings. The average molecular weight is 74.1 g/mol. The minimum atomic E-state index is 0.0972. The zero-order chi connectivity index (χ0) is 3.41. The van der Waals surface area contributed by atoms with Gasteiger partial charge in [-0.15, -0.1) is 0 Å². The van der Waals surface area contributed by atoms with E-state index in [-0.39, 0.29) is 5.75 Å². The summed E-state index contributed by atoms with van der Waals surface area (Å²) in [4.78, 5) is 8.94. The first-order chi connectivity index (χ1) is 1.91. The van der Waals surface area contributed by atoms with Crippen LogP contribution in [-0.2, 0) is 4.79 Å². The number of hydrogen-bond donors (Lipinski definition) is 0. The summed E-state index contributed by atoms with van der Waals surface area (Å²) >= 11 is 4.13. The molecule has 0 aliphatic rings. The lowest BCUT2D eigenvalue weighted by atomic mass is 10.9. The Morgan fingerprint density at radius 1 is 2.00 bits per heavy atom. The molecular formula is C2H2OS. The van der Waals surface area contributed by atoms with E-state index in [2.05, 4.69) is 12.6 Å². The SMILES string of the molecule is O=[C]C[S]. The van der Waals surface area contributed by atoms with E-state index in [9.17, 15) is 0 Å². The summed E-state index contributed by atoms with van der Waals surface area (Å²) in [6.45, 7) is 0. The third kappa shape index (κ3) is 2.02. The lowest BCUT2D eigenvalue weighted by molar-refractivity contribution is 0.560. The van der Waals surface area contributed by atoms with Gasteiger partial charge in [0.05, 0.1) is 5.75 Å². The fourth-order valence-corrected chi connectivity index (χ4v) is 0. The second-order valence-corrected chi connectivity index (χ2v) is 0.577. The minimum Gasteiger partial charge on any atom is -0.290 e. The van der Waals surface area contributed by atoms with Crippen molar-refractivity contribution >= 4 is 18.9 Å². The molecule has 2 heteroatoms. The van der Waals surface area contributed by atoms with Gasteiger partial charge >= 0.3 is 0 Å². The molecule has 0 atom stereocenters. The van der Waals surface area contributed by atoms with Crippen LogP contribution >= 0.6 is 12.6 Å². The summed E-state index contributed by atoms with van der Waals surface area (Å²) in [5, 5.41) is 0. The van der Waals surface area contributed by atoms with E-state index in [4.69, 9.17) is 4.79 Å². The van der Waals surface area contributed by atoms with Gasteiger partial charge in [-0.2, -0.15) is 0 Å². The van der Waals surface area contributed by atoms with Crippen LogP contribution in [0.5, 0.6) is 0 Å². The highest BCUT2D eigenvalue weighted by atomic mass is 32.1. The normalized spacial score (nSPS) is 6.25. The highest BCUT2D eigenvalue weighted by Crippen LogP contribution is 1.55. The van der Waals surface area contributed by atoms with Gasteiger partial charge in [-0.3, -0.25) is 4.79 Å². The van der Waals surface area contributed by atoms with Crippen LogP contribution in [0.15, 0.2) is 0 Å². The lowest BCUT2D eigenvalue weighted by Crippen LogP contribution is -1.63. The summed E-state index contributed by atoms with van der Waals surface area (Å²) in [5.41, 5.74) is 0. The third-order valence-corrected chi connectivity index (χ3v) is 0.177. The summed E-state index contributed by atoms with van der Waals surface area (Å²) < 4.78 is 0. The van der Waals surface area contributed by atoms with Gasteiger partial charge in [-0.25, -0.2) is 0 Å². The molecule has 0 bridgehead atoms. The molecule has 0 heterocycles. The molecule has 4 heavy (non-hydrogen) atoms. The molecule has 0 saturated heterocycles. The van der Waals surface area contributed by atoms with Crippen LogP contribution in [0.4, 0.5) is 0 Å². The number of carbonyl (C=O) groups excluding carboxylic acids is 1. The van der Waals surface area contributed by atoms with E-state index in [0.29, 0.717) is 0 Å². The Hall–Kier alpha value is 0.0200. The molecule has 0 rings (SSSR count). The quantitative estimate of drug-likeness (QED) is 0.437. The topological polar surface area (TPSA) is 17.1 Å². The molecule has 0 aromatic heterocycles. The van der Waals surface area contributed by atoms with E-state index in [0.717, 1.165) is 0 Å². The predicted molar refractivity (Wildman–Crippen MR) is 18.2 cm³/mol. The maximum atomic E-state index is 8.94. The van der Waals surface area contributed by atoms with Crippen molar-refractivity contribution in [3.8, 4) is 0 Å². The zero-order valence-electron chi connectivity index (χ0n) is 2.02. The Balaban J connectivity index is 2.30. The van der Waals surface area contributed by atoms with E-state index in [1.54, 1.807) is 0 Å². The molecule has 0 amide bonds. The first kappa shape index (κ1) is 4.02. The smallest absolute Gasteiger partial charge is 0.210 e. The van der Waals surface area contributed by atoms with Crippen molar-refractivity contribution in [2.75, 3.05) is 5.75 Å². The highest BCUT2D eigenvalue weighted by molar-refractivity contribution is 7.80. The van der Waals surface area contributed by atoms with Gasteiger partial charge in [0.2, 0.25) is 6.29 Å². The first-order valence-corrected chi connectivity index (χ1v) is 1.42. The van der Waals surface area contributed by atoms with Crippen LogP contribution in [0, 0.1) is 0 Å². The predicted octanol–water partition coefficient (Wildman–Crippen LogP) is 0.294. The summed E-state index contributed by atoms with van der Waals surface area (Å²) in [5.74, 6) is 0.0972. The second-order valence-electron chi connectivity index (χ2n) is 0.289. The summed E-state index contributed by atoms with van der Waals surface area (Å²) in [6, 6.07) is 0. The van der Waals surface area contributed by atoms with Gasteiger partial charge in [0, 0.05) is 0 Å². The van der Waals surface area contributed by atoms with Crippen LogP contribution in [0.3, 0.4) is 0 Å². The minimum absolute atomic E-state index is 0.0972. The Bertz CT molecular complexity index is 20.0. The molecule has 0 saturated carbocycles. The first-order valence-electron chi connectivity index (χ1n) is 0.846. The summed E-state index contributed by atoms with van der Waals surface area (Å²) in [7, 11) is 0. The Morgan fingerprint density at radius 3 is 2.25 bits per heavy atom. The maximum Gasteiger partial charge on any atom is 0.210 e. The number of rotatable bonds is 1. The molecule has 0 N–H and O–H groups in total. The third-order valence-electron chi connectivity index (χ3n) is 0.0589. The Labute approximate surface area is 30.4 Å². The zero-order valence-corrected chi connectivity index (χ0v) is 2.84. The second kappa shape index (κ2) is 3.02. The molecule has 0 fully saturated rings. The highest BCUT2D eigenvalue weighted by Gasteiger charge is 1.58. The van der Waals surface area contributed by atoms with Crippen molar-refractivity contribution in [1.82, 2.24) is 0 Å². The van der Waals surface area contributed by atoms with Crippen LogP contribution in [0.2, 0.25) is 0 Å². The lowest BCUT2D eigenvalue weighted by Gasteiger charge is -1.46. The summed E-state index contributed by atoms with van der Waals surface area (Å²) in [6.07, 6.45) is 1.50. The van der Waals surface area contributed by atoms with Crippen LogP contribution < -0.4 is 0 Å². The Morgan fingerprint density at radius 2 is 2.25 bits per heavy atom. The van der Waals surface area contributed by atoms with Crippen molar-refractivity contribution in [3.05, 3.63) is 0 Å². The fraction of sp³-hybridized carbons (Fsp3) is 0.500. The maximum absolute atomic E-state index is 8.94. The molecule has 0 aromatic carbocycles.